The Balaban J connectivity index is 1.64. The molecule has 0 bridgehead atoms. The molecule has 5 aromatic rings. The van der Waals surface area contributed by atoms with Crippen LogP contribution in [0.2, 0.25) is 5.02 Å². The van der Waals surface area contributed by atoms with Gasteiger partial charge in [-0.25, -0.2) is 0 Å². The Bertz CT molecular complexity index is 1580. The first-order valence-corrected chi connectivity index (χ1v) is 11.8. The van der Waals surface area contributed by atoms with Crippen molar-refractivity contribution in [2.45, 2.75) is 13.8 Å². The molecule has 35 heavy (non-hydrogen) atoms. The lowest BCUT2D eigenvalue weighted by molar-refractivity contribution is -0.120. The van der Waals surface area contributed by atoms with E-state index in [1.54, 1.807) is 24.3 Å². The number of carbonyl (C=O) groups excluding carboxylic acids is 2. The van der Waals surface area contributed by atoms with Gasteiger partial charge in [-0.15, -0.1) is 11.3 Å². The number of nitrogens with zero attached hydrogens (tertiary/aromatic N) is 1. The Morgan fingerprint density at radius 3 is 2.43 bits per heavy atom. The lowest BCUT2D eigenvalue weighted by Crippen LogP contribution is -2.06. The fraction of sp³-hybridized carbons (Fsp3) is 0.0741. The van der Waals surface area contributed by atoms with Gasteiger partial charge in [-0.2, -0.15) is 4.98 Å². The number of aromatic nitrogens is 1. The number of ether oxygens (including phenoxy) is 1. The van der Waals surface area contributed by atoms with E-state index in [2.05, 4.69) is 4.98 Å². The van der Waals surface area contributed by atoms with E-state index >= 15 is 0 Å². The summed E-state index contributed by atoms with van der Waals surface area (Å²) in [5.74, 6) is 0.414. The van der Waals surface area contributed by atoms with Crippen molar-refractivity contribution in [2.75, 3.05) is 0 Å². The molecule has 0 amide bonds. The van der Waals surface area contributed by atoms with Crippen molar-refractivity contribution in [1.29, 1.82) is 0 Å². The number of carbonyl (C=O) groups is 2. The zero-order valence-corrected chi connectivity index (χ0v) is 20.2. The zero-order chi connectivity index (χ0) is 24.7. The van der Waals surface area contributed by atoms with E-state index in [1.807, 2.05) is 44.2 Å². The fourth-order valence-electron chi connectivity index (χ4n) is 4.19. The van der Waals surface area contributed by atoms with Crippen LogP contribution in [-0.4, -0.2) is 22.3 Å². The first-order chi connectivity index (χ1) is 16.9. The lowest BCUT2D eigenvalue weighted by Gasteiger charge is -2.11. The smallest absolute Gasteiger partial charge is 0.299 e. The number of phenolic OH excluding ortho intramolecular Hbond substituents is 1. The van der Waals surface area contributed by atoms with Crippen LogP contribution in [0.4, 0.5) is 0 Å². The number of halogens is 1. The number of phenols is 1. The Morgan fingerprint density at radius 2 is 1.74 bits per heavy atom. The molecule has 0 saturated heterocycles. The summed E-state index contributed by atoms with van der Waals surface area (Å²) < 4.78 is 10.9. The van der Waals surface area contributed by atoms with Crippen molar-refractivity contribution in [1.82, 2.24) is 4.98 Å². The average Bonchev–Trinajstić information content (AvgIpc) is 3.43. The maximum Gasteiger partial charge on any atom is 0.299 e. The Labute approximate surface area is 209 Å². The maximum atomic E-state index is 13.8. The molecule has 0 radical (unpaired) electrons. The highest BCUT2D eigenvalue weighted by molar-refractivity contribution is 7.21. The van der Waals surface area contributed by atoms with Gasteiger partial charge in [0.15, 0.2) is 6.26 Å². The van der Waals surface area contributed by atoms with Crippen LogP contribution in [-0.2, 0) is 4.79 Å². The molecular formula is C27H18ClNO5S. The minimum atomic E-state index is -0.0974. The number of rotatable bonds is 6. The number of benzene rings is 3. The van der Waals surface area contributed by atoms with Gasteiger partial charge in [0, 0.05) is 31.8 Å². The molecule has 2 heterocycles. The first-order valence-electron chi connectivity index (χ1n) is 10.6. The van der Waals surface area contributed by atoms with Gasteiger partial charge in [0.1, 0.15) is 5.75 Å². The fourth-order valence-corrected chi connectivity index (χ4v) is 5.72. The molecule has 5 rings (SSSR count). The summed E-state index contributed by atoms with van der Waals surface area (Å²) in [4.78, 5) is 29.1. The molecule has 0 fully saturated rings. The average molecular weight is 504 g/mol. The van der Waals surface area contributed by atoms with Crippen LogP contribution in [0.3, 0.4) is 0 Å². The van der Waals surface area contributed by atoms with Crippen molar-refractivity contribution >= 4 is 45.3 Å². The van der Waals surface area contributed by atoms with Gasteiger partial charge in [0.25, 0.3) is 12.4 Å². The number of thiophene rings is 1. The Kier molecular flexibility index (Phi) is 5.88. The van der Waals surface area contributed by atoms with Gasteiger partial charge in [-0.1, -0.05) is 23.7 Å². The molecule has 174 valence electrons. The molecule has 1 N–H and O–H groups in total. The van der Waals surface area contributed by atoms with Gasteiger partial charge < -0.3 is 14.3 Å². The monoisotopic (exact) mass is 503 g/mol. The lowest BCUT2D eigenvalue weighted by atomic mass is 9.93. The number of hydrogen-bond acceptors (Lipinski definition) is 7. The van der Waals surface area contributed by atoms with Gasteiger partial charge in [-0.3, -0.25) is 9.59 Å². The van der Waals surface area contributed by atoms with Gasteiger partial charge >= 0.3 is 0 Å². The highest BCUT2D eigenvalue weighted by Gasteiger charge is 2.24. The number of oxazole rings is 1. The largest absolute Gasteiger partial charge is 0.508 e. The minimum Gasteiger partial charge on any atom is -0.508 e. The summed E-state index contributed by atoms with van der Waals surface area (Å²) in [6.07, 6.45) is 1.25. The molecule has 0 spiro atoms. The first kappa shape index (κ1) is 22.8. The molecule has 3 aromatic carbocycles. The van der Waals surface area contributed by atoms with Crippen LogP contribution in [0.25, 0.3) is 32.7 Å². The number of aryl methyl sites for hydroxylation is 2. The van der Waals surface area contributed by atoms with Crippen LogP contribution < -0.4 is 4.74 Å². The van der Waals surface area contributed by atoms with Crippen molar-refractivity contribution in [3.05, 3.63) is 87.5 Å². The molecule has 0 atom stereocenters. The zero-order valence-electron chi connectivity index (χ0n) is 18.7. The van der Waals surface area contributed by atoms with Crippen LogP contribution >= 0.6 is 22.9 Å². The standard InChI is InChI=1S/C27H18ClNO5S/c1-14-9-18(28)10-15(2)23(14)25(32)26-24(20-8-7-19(31)11-21(20)35-26)16-3-5-17(6-4-16)27-29-22(12-33-27)34-13-30/h3-13,31H,1-2H3. The normalized spacial score (nSPS) is 11.1. The molecule has 0 unspecified atom stereocenters. The molecule has 0 aliphatic carbocycles. The molecule has 6 nitrogen and oxygen atoms in total. The van der Waals surface area contributed by atoms with Crippen LogP contribution in [0, 0.1) is 13.8 Å². The van der Waals surface area contributed by atoms with Crippen LogP contribution in [0.1, 0.15) is 26.4 Å². The van der Waals surface area contributed by atoms with E-state index in [9.17, 15) is 14.7 Å². The highest BCUT2D eigenvalue weighted by atomic mass is 35.5. The number of hydrogen-bond donors (Lipinski definition) is 1. The quantitative estimate of drug-likeness (QED) is 0.199. The second kappa shape index (κ2) is 9.02. The summed E-state index contributed by atoms with van der Waals surface area (Å²) in [5.41, 5.74) is 4.52. The highest BCUT2D eigenvalue weighted by Crippen LogP contribution is 2.42. The number of fused-ring (bicyclic) bond motifs is 1. The SMILES string of the molecule is Cc1cc(Cl)cc(C)c1C(=O)c1sc2cc(O)ccc2c1-c1ccc(-c2nc(OC=O)co2)cc1. The minimum absolute atomic E-state index is 0.0734. The van der Waals surface area contributed by atoms with Crippen molar-refractivity contribution in [2.24, 2.45) is 0 Å². The summed E-state index contributed by atoms with van der Waals surface area (Å²) in [6, 6.07) is 16.1. The van der Waals surface area contributed by atoms with E-state index in [0.29, 0.717) is 26.9 Å². The molecule has 0 aliphatic heterocycles. The van der Waals surface area contributed by atoms with E-state index < -0.39 is 0 Å². The van der Waals surface area contributed by atoms with Crippen LogP contribution in [0.5, 0.6) is 11.6 Å². The number of ketones is 1. The predicted octanol–water partition coefficient (Wildman–Crippen LogP) is 6.97. The predicted molar refractivity (Wildman–Crippen MR) is 135 cm³/mol. The van der Waals surface area contributed by atoms with E-state index in [4.69, 9.17) is 20.8 Å². The van der Waals surface area contributed by atoms with Gasteiger partial charge in [-0.05, 0) is 73.0 Å². The van der Waals surface area contributed by atoms with Gasteiger partial charge in [0.2, 0.25) is 11.7 Å². The third-order valence-corrected chi connectivity index (χ3v) is 7.05. The second-order valence-electron chi connectivity index (χ2n) is 8.01. The van der Waals surface area contributed by atoms with Crippen molar-refractivity contribution in [3.63, 3.8) is 0 Å². The molecular weight excluding hydrogens is 486 g/mol. The van der Waals surface area contributed by atoms with Gasteiger partial charge in [0.05, 0.1) is 4.88 Å². The third-order valence-electron chi connectivity index (χ3n) is 5.68. The topological polar surface area (TPSA) is 89.6 Å². The molecule has 0 saturated carbocycles. The summed E-state index contributed by atoms with van der Waals surface area (Å²) in [5, 5.41) is 11.5. The van der Waals surface area contributed by atoms with Crippen molar-refractivity contribution < 1.29 is 23.8 Å². The van der Waals surface area contributed by atoms with E-state index in [0.717, 1.165) is 32.3 Å². The number of aromatic hydroxyl groups is 1. The van der Waals surface area contributed by atoms with Crippen molar-refractivity contribution in [3.8, 4) is 34.2 Å². The summed E-state index contributed by atoms with van der Waals surface area (Å²) >= 11 is 7.54. The Hall–Kier alpha value is -3.94. The van der Waals surface area contributed by atoms with E-state index in [-0.39, 0.29) is 23.9 Å². The second-order valence-corrected chi connectivity index (χ2v) is 9.50. The van der Waals surface area contributed by atoms with E-state index in [1.165, 1.54) is 17.6 Å². The molecule has 0 aliphatic rings. The molecule has 2 aromatic heterocycles. The van der Waals surface area contributed by atoms with Crippen LogP contribution in [0.15, 0.2) is 65.3 Å². The summed E-state index contributed by atoms with van der Waals surface area (Å²) in [7, 11) is 0. The maximum absolute atomic E-state index is 13.8. The summed E-state index contributed by atoms with van der Waals surface area (Å²) in [6.45, 7) is 4.03. The molecule has 8 heteroatoms. The third kappa shape index (κ3) is 4.20. The Morgan fingerprint density at radius 1 is 1.06 bits per heavy atom.